The molecule has 0 aliphatic rings. The molecule has 0 bridgehead atoms. The molecule has 0 amide bonds. The van der Waals surface area contributed by atoms with E-state index in [2.05, 4.69) is 52.3 Å². The molecule has 20 heavy (non-hydrogen) atoms. The number of benzene rings is 1. The van der Waals surface area contributed by atoms with E-state index >= 15 is 0 Å². The molecular formula is C15H18BrClN2S. The maximum Gasteiger partial charge on any atom is 0.0578 e. The maximum atomic E-state index is 6.08. The summed E-state index contributed by atoms with van der Waals surface area (Å²) < 4.78 is 1.13. The van der Waals surface area contributed by atoms with Crippen molar-refractivity contribution >= 4 is 38.9 Å². The third kappa shape index (κ3) is 3.43. The van der Waals surface area contributed by atoms with Crippen molar-refractivity contribution < 1.29 is 0 Å². The summed E-state index contributed by atoms with van der Waals surface area (Å²) in [6, 6.07) is 10.5. The first-order valence-electron chi connectivity index (χ1n) is 6.45. The van der Waals surface area contributed by atoms with Crippen LogP contribution in [0.3, 0.4) is 0 Å². The van der Waals surface area contributed by atoms with E-state index in [4.69, 9.17) is 17.3 Å². The topological polar surface area (TPSA) is 29.3 Å². The first-order chi connectivity index (χ1) is 9.54. The Morgan fingerprint density at radius 2 is 2.15 bits per heavy atom. The third-order valence-electron chi connectivity index (χ3n) is 3.60. The average Bonchev–Trinajstić information content (AvgIpc) is 2.85. The van der Waals surface area contributed by atoms with E-state index in [1.54, 1.807) is 11.3 Å². The summed E-state index contributed by atoms with van der Waals surface area (Å²) in [6.45, 7) is 2.76. The highest BCUT2D eigenvalue weighted by molar-refractivity contribution is 9.10. The Kier molecular flexibility index (Phi) is 5.64. The van der Waals surface area contributed by atoms with Crippen LogP contribution < -0.4 is 5.73 Å². The summed E-state index contributed by atoms with van der Waals surface area (Å²) in [4.78, 5) is 3.56. The highest BCUT2D eigenvalue weighted by Gasteiger charge is 2.24. The van der Waals surface area contributed by atoms with Crippen molar-refractivity contribution in [2.24, 2.45) is 5.73 Å². The van der Waals surface area contributed by atoms with Gasteiger partial charge in [-0.2, -0.15) is 0 Å². The van der Waals surface area contributed by atoms with Gasteiger partial charge in [0, 0.05) is 27.0 Å². The zero-order chi connectivity index (χ0) is 14.7. The lowest BCUT2D eigenvalue weighted by Crippen LogP contribution is -2.32. The molecule has 2 nitrogen and oxygen atoms in total. The van der Waals surface area contributed by atoms with Gasteiger partial charge in [-0.15, -0.1) is 11.3 Å². The van der Waals surface area contributed by atoms with Crippen molar-refractivity contribution in [1.29, 1.82) is 0 Å². The van der Waals surface area contributed by atoms with Gasteiger partial charge >= 0.3 is 0 Å². The quantitative estimate of drug-likeness (QED) is 0.811. The summed E-state index contributed by atoms with van der Waals surface area (Å²) >= 11 is 11.4. The van der Waals surface area contributed by atoms with Gasteiger partial charge < -0.3 is 5.73 Å². The number of hydrogen-bond acceptors (Lipinski definition) is 3. The van der Waals surface area contributed by atoms with Gasteiger partial charge in [-0.3, -0.25) is 4.90 Å². The molecule has 0 aliphatic heterocycles. The summed E-state index contributed by atoms with van der Waals surface area (Å²) in [5, 5.41) is 2.85. The lowest BCUT2D eigenvalue weighted by atomic mass is 10.0. The Morgan fingerprint density at radius 3 is 2.70 bits per heavy atom. The van der Waals surface area contributed by atoms with Gasteiger partial charge in [0.1, 0.15) is 0 Å². The van der Waals surface area contributed by atoms with Crippen LogP contribution in [0.15, 0.2) is 40.2 Å². The zero-order valence-corrected chi connectivity index (χ0v) is 14.7. The highest BCUT2D eigenvalue weighted by atomic mass is 79.9. The molecule has 5 heteroatoms. The predicted molar refractivity (Wildman–Crippen MR) is 91.4 cm³/mol. The highest BCUT2D eigenvalue weighted by Crippen LogP contribution is 2.35. The van der Waals surface area contributed by atoms with E-state index in [1.807, 2.05) is 18.2 Å². The van der Waals surface area contributed by atoms with Gasteiger partial charge in [0.15, 0.2) is 0 Å². The van der Waals surface area contributed by atoms with E-state index in [1.165, 1.54) is 10.4 Å². The molecule has 0 radical (unpaired) electrons. The first kappa shape index (κ1) is 16.0. The Hall–Kier alpha value is -0.390. The first-order valence-corrected chi connectivity index (χ1v) is 8.50. The summed E-state index contributed by atoms with van der Waals surface area (Å²) in [6.07, 6.45) is 0. The number of nitrogens with zero attached hydrogens (tertiary/aromatic N) is 1. The van der Waals surface area contributed by atoms with Crippen molar-refractivity contribution in [2.45, 2.75) is 19.0 Å². The lowest BCUT2D eigenvalue weighted by molar-refractivity contribution is 0.192. The fourth-order valence-corrected chi connectivity index (χ4v) is 4.27. The second-order valence-electron chi connectivity index (χ2n) is 4.78. The monoisotopic (exact) mass is 372 g/mol. The molecule has 2 aromatic rings. The molecule has 1 aromatic carbocycles. The molecule has 2 N–H and O–H groups in total. The zero-order valence-electron chi connectivity index (χ0n) is 11.5. The Labute approximate surface area is 137 Å². The van der Waals surface area contributed by atoms with Gasteiger partial charge in [0.05, 0.1) is 6.04 Å². The normalized spacial score (nSPS) is 14.5. The van der Waals surface area contributed by atoms with Gasteiger partial charge in [-0.25, -0.2) is 0 Å². The predicted octanol–water partition coefficient (Wildman–Crippen LogP) is 4.86. The SMILES string of the molecule is CC(c1cccc(Cl)c1)N(C)C(CN)c1sccc1Br. The lowest BCUT2D eigenvalue weighted by Gasteiger charge is -2.32. The van der Waals surface area contributed by atoms with Crippen molar-refractivity contribution in [3.05, 3.63) is 55.6 Å². The van der Waals surface area contributed by atoms with Crippen molar-refractivity contribution in [2.75, 3.05) is 13.6 Å². The van der Waals surface area contributed by atoms with E-state index in [0.717, 1.165) is 9.50 Å². The molecule has 2 rings (SSSR count). The Morgan fingerprint density at radius 1 is 1.40 bits per heavy atom. The van der Waals surface area contributed by atoms with Gasteiger partial charge in [0.25, 0.3) is 0 Å². The third-order valence-corrected chi connectivity index (χ3v) is 5.81. The van der Waals surface area contributed by atoms with Gasteiger partial charge in [-0.05, 0) is 59.0 Å². The minimum atomic E-state index is 0.193. The van der Waals surface area contributed by atoms with Crippen LogP contribution >= 0.6 is 38.9 Å². The maximum absolute atomic E-state index is 6.08. The number of likely N-dealkylation sites (N-methyl/N-ethyl adjacent to an activating group) is 1. The number of hydrogen-bond donors (Lipinski definition) is 1. The van der Waals surface area contributed by atoms with Crippen LogP contribution in [0.2, 0.25) is 5.02 Å². The Bertz CT molecular complexity index is 573. The van der Waals surface area contributed by atoms with Crippen molar-refractivity contribution in [3.63, 3.8) is 0 Å². The minimum absolute atomic E-state index is 0.193. The fraction of sp³-hybridized carbons (Fsp3) is 0.333. The molecule has 2 unspecified atom stereocenters. The molecular weight excluding hydrogens is 356 g/mol. The number of rotatable bonds is 5. The standard InChI is InChI=1S/C15H18BrClN2S/c1-10(11-4-3-5-12(17)8-11)19(2)14(9-18)15-13(16)6-7-20-15/h3-8,10,14H,9,18H2,1-2H3. The van der Waals surface area contributed by atoms with E-state index in [9.17, 15) is 0 Å². The second kappa shape index (κ2) is 7.05. The summed E-state index contributed by atoms with van der Waals surface area (Å²) in [5.74, 6) is 0. The summed E-state index contributed by atoms with van der Waals surface area (Å²) in [7, 11) is 2.11. The van der Waals surface area contributed by atoms with Crippen LogP contribution in [0.1, 0.15) is 29.4 Å². The van der Waals surface area contributed by atoms with E-state index < -0.39 is 0 Å². The van der Waals surface area contributed by atoms with Crippen LogP contribution in [0.5, 0.6) is 0 Å². The Balaban J connectivity index is 2.24. The van der Waals surface area contributed by atoms with E-state index in [0.29, 0.717) is 6.54 Å². The molecule has 0 fully saturated rings. The molecule has 2 atom stereocenters. The molecule has 108 valence electrons. The van der Waals surface area contributed by atoms with Crippen molar-refractivity contribution in [1.82, 2.24) is 4.90 Å². The minimum Gasteiger partial charge on any atom is -0.329 e. The second-order valence-corrected chi connectivity index (χ2v) is 7.02. The van der Waals surface area contributed by atoms with E-state index in [-0.39, 0.29) is 12.1 Å². The van der Waals surface area contributed by atoms with Crippen LogP contribution in [0.4, 0.5) is 0 Å². The molecule has 1 aromatic heterocycles. The number of nitrogens with two attached hydrogens (primary N) is 1. The average molecular weight is 374 g/mol. The number of halogens is 2. The van der Waals surface area contributed by atoms with Crippen LogP contribution in [0, 0.1) is 0 Å². The fourth-order valence-electron chi connectivity index (χ4n) is 2.27. The largest absolute Gasteiger partial charge is 0.329 e. The molecule has 0 saturated carbocycles. The van der Waals surface area contributed by atoms with Crippen LogP contribution in [0.25, 0.3) is 0 Å². The smallest absolute Gasteiger partial charge is 0.0578 e. The molecule has 1 heterocycles. The van der Waals surface area contributed by atoms with Crippen LogP contribution in [-0.2, 0) is 0 Å². The van der Waals surface area contributed by atoms with Gasteiger partial charge in [0.2, 0.25) is 0 Å². The number of thiophene rings is 1. The van der Waals surface area contributed by atoms with Gasteiger partial charge in [-0.1, -0.05) is 23.7 Å². The summed E-state index contributed by atoms with van der Waals surface area (Å²) in [5.41, 5.74) is 7.20. The molecule has 0 saturated heterocycles. The van der Waals surface area contributed by atoms with Crippen molar-refractivity contribution in [3.8, 4) is 0 Å². The molecule has 0 aliphatic carbocycles. The van der Waals surface area contributed by atoms with Crippen LogP contribution in [-0.4, -0.2) is 18.5 Å². The molecule has 0 spiro atoms.